The van der Waals surface area contributed by atoms with Gasteiger partial charge in [-0.2, -0.15) is 0 Å². The van der Waals surface area contributed by atoms with E-state index in [0.29, 0.717) is 0 Å². The Bertz CT molecular complexity index is 599. The van der Waals surface area contributed by atoms with Crippen LogP contribution in [0.1, 0.15) is 16.7 Å². The van der Waals surface area contributed by atoms with Gasteiger partial charge in [0.15, 0.2) is 0 Å². The quantitative estimate of drug-likeness (QED) is 0.495. The number of halogens is 1. The van der Waals surface area contributed by atoms with Crippen molar-refractivity contribution in [2.45, 2.75) is 0 Å². The van der Waals surface area contributed by atoms with Crippen LogP contribution in [0.3, 0.4) is 0 Å². The van der Waals surface area contributed by atoms with Crippen LogP contribution in [-0.4, -0.2) is 5.84 Å². The number of nitrogens with one attached hydrogen (secondary N) is 1. The number of rotatable bonds is 4. The van der Waals surface area contributed by atoms with Crippen molar-refractivity contribution >= 4 is 30.4 Å². The third-order valence-electron chi connectivity index (χ3n) is 2.71. The van der Waals surface area contributed by atoms with Gasteiger partial charge < -0.3 is 5.73 Å². The Kier molecular flexibility index (Phi) is 6.27. The van der Waals surface area contributed by atoms with Gasteiger partial charge in [-0.25, -0.2) is 0 Å². The van der Waals surface area contributed by atoms with Gasteiger partial charge in [0, 0.05) is 5.56 Å². The maximum Gasteiger partial charge on any atom is 0.122 e. The highest BCUT2D eigenvalue weighted by molar-refractivity contribution is 5.95. The summed E-state index contributed by atoms with van der Waals surface area (Å²) in [7, 11) is 0. The van der Waals surface area contributed by atoms with Crippen molar-refractivity contribution in [1.82, 2.24) is 0 Å². The van der Waals surface area contributed by atoms with Gasteiger partial charge in [0.05, 0.1) is 0 Å². The fourth-order valence-electron chi connectivity index (χ4n) is 1.67. The molecule has 0 saturated heterocycles. The SMILES string of the molecule is Cl.N=C(N)c1ccc(/C=C/C=C/c2ccccc2)cc1. The molecule has 2 aromatic carbocycles. The van der Waals surface area contributed by atoms with E-state index in [-0.39, 0.29) is 18.2 Å². The molecule has 3 heteroatoms. The molecule has 0 spiro atoms. The van der Waals surface area contributed by atoms with E-state index in [9.17, 15) is 0 Å². The normalized spacial score (nSPS) is 10.6. The van der Waals surface area contributed by atoms with Gasteiger partial charge in [-0.3, -0.25) is 5.41 Å². The maximum absolute atomic E-state index is 7.32. The third-order valence-corrected chi connectivity index (χ3v) is 2.71. The van der Waals surface area contributed by atoms with Crippen LogP contribution < -0.4 is 5.73 Å². The van der Waals surface area contributed by atoms with Crippen LogP contribution >= 0.6 is 12.4 Å². The van der Waals surface area contributed by atoms with Gasteiger partial charge in [-0.15, -0.1) is 12.4 Å². The molecule has 0 fully saturated rings. The molecule has 3 N–H and O–H groups in total. The zero-order valence-corrected chi connectivity index (χ0v) is 11.8. The van der Waals surface area contributed by atoms with E-state index in [0.717, 1.165) is 11.1 Å². The van der Waals surface area contributed by atoms with Gasteiger partial charge in [0.2, 0.25) is 0 Å². The molecule has 0 aromatic heterocycles. The first-order chi connectivity index (χ1) is 9.25. The second-order valence-corrected chi connectivity index (χ2v) is 4.16. The third kappa shape index (κ3) is 4.75. The van der Waals surface area contributed by atoms with Crippen molar-refractivity contribution in [3.05, 3.63) is 83.4 Å². The van der Waals surface area contributed by atoms with Gasteiger partial charge in [0.1, 0.15) is 5.84 Å². The first-order valence-electron chi connectivity index (χ1n) is 6.10. The highest BCUT2D eigenvalue weighted by Crippen LogP contribution is 2.06. The lowest BCUT2D eigenvalue weighted by Crippen LogP contribution is -2.10. The van der Waals surface area contributed by atoms with Gasteiger partial charge in [0.25, 0.3) is 0 Å². The van der Waals surface area contributed by atoms with Crippen LogP contribution in [0, 0.1) is 5.41 Å². The summed E-state index contributed by atoms with van der Waals surface area (Å²) in [6, 6.07) is 17.8. The largest absolute Gasteiger partial charge is 0.384 e. The van der Waals surface area contributed by atoms with Crippen molar-refractivity contribution in [3.8, 4) is 0 Å². The van der Waals surface area contributed by atoms with Crippen LogP contribution in [0.15, 0.2) is 66.7 Å². The minimum absolute atomic E-state index is 0. The van der Waals surface area contributed by atoms with Crippen molar-refractivity contribution in [2.75, 3.05) is 0 Å². The highest BCUT2D eigenvalue weighted by Gasteiger charge is 1.93. The maximum atomic E-state index is 7.32. The molecule has 0 amide bonds. The molecule has 102 valence electrons. The van der Waals surface area contributed by atoms with Crippen molar-refractivity contribution in [1.29, 1.82) is 5.41 Å². The molecule has 0 atom stereocenters. The lowest BCUT2D eigenvalue weighted by Gasteiger charge is -1.97. The molecule has 2 nitrogen and oxygen atoms in total. The Hall–Kier alpha value is -2.32. The van der Waals surface area contributed by atoms with Gasteiger partial charge >= 0.3 is 0 Å². The monoisotopic (exact) mass is 284 g/mol. The second-order valence-electron chi connectivity index (χ2n) is 4.16. The molecular weight excluding hydrogens is 268 g/mol. The predicted octanol–water partition coefficient (Wildman–Crippen LogP) is 4.12. The van der Waals surface area contributed by atoms with Crippen LogP contribution in [0.2, 0.25) is 0 Å². The summed E-state index contributed by atoms with van der Waals surface area (Å²) in [5.41, 5.74) is 8.42. The topological polar surface area (TPSA) is 49.9 Å². The van der Waals surface area contributed by atoms with Crippen LogP contribution in [0.5, 0.6) is 0 Å². The van der Waals surface area contributed by atoms with Crippen molar-refractivity contribution < 1.29 is 0 Å². The molecular formula is C17H17ClN2. The van der Waals surface area contributed by atoms with E-state index < -0.39 is 0 Å². The Balaban J connectivity index is 0.00000200. The summed E-state index contributed by atoms with van der Waals surface area (Å²) in [6.07, 6.45) is 8.08. The number of benzene rings is 2. The Labute approximate surface area is 125 Å². The standard InChI is InChI=1S/C17H16N2.ClH/c18-17(19)16-12-10-15(11-13-16)9-5-4-8-14-6-2-1-3-7-14;/h1-13H,(H3,18,19);1H/b8-4+,9-5+;. The molecule has 0 saturated carbocycles. The number of hydrogen-bond acceptors (Lipinski definition) is 1. The molecule has 2 aromatic rings. The molecule has 0 unspecified atom stereocenters. The van der Waals surface area contributed by atoms with E-state index >= 15 is 0 Å². The van der Waals surface area contributed by atoms with Crippen LogP contribution in [0.25, 0.3) is 12.2 Å². The smallest absolute Gasteiger partial charge is 0.122 e. The highest BCUT2D eigenvalue weighted by atomic mass is 35.5. The van der Waals surface area contributed by atoms with E-state index in [2.05, 4.69) is 18.2 Å². The average molecular weight is 285 g/mol. The van der Waals surface area contributed by atoms with E-state index in [4.69, 9.17) is 11.1 Å². The lowest BCUT2D eigenvalue weighted by atomic mass is 10.1. The van der Waals surface area contributed by atoms with Crippen LogP contribution in [-0.2, 0) is 0 Å². The number of hydrogen-bond donors (Lipinski definition) is 2. The number of nitrogens with two attached hydrogens (primary N) is 1. The number of amidine groups is 1. The molecule has 0 aliphatic rings. The number of nitrogen functional groups attached to an aromatic ring is 1. The summed E-state index contributed by atoms with van der Waals surface area (Å²) < 4.78 is 0. The first-order valence-corrected chi connectivity index (χ1v) is 6.10. The fraction of sp³-hybridized carbons (Fsp3) is 0. The molecule has 2 rings (SSSR count). The van der Waals surface area contributed by atoms with E-state index in [1.165, 1.54) is 5.56 Å². The lowest BCUT2D eigenvalue weighted by molar-refractivity contribution is 1.42. The van der Waals surface area contributed by atoms with E-state index in [1.807, 2.05) is 60.7 Å². The minimum atomic E-state index is 0. The molecule has 20 heavy (non-hydrogen) atoms. The van der Waals surface area contributed by atoms with E-state index in [1.54, 1.807) is 0 Å². The number of allylic oxidation sites excluding steroid dienone is 2. The first kappa shape index (κ1) is 15.7. The molecule has 0 aliphatic heterocycles. The Morgan fingerprint density at radius 2 is 1.30 bits per heavy atom. The summed E-state index contributed by atoms with van der Waals surface area (Å²) in [5.74, 6) is 0.0968. The molecule has 0 heterocycles. The molecule has 0 radical (unpaired) electrons. The Morgan fingerprint density at radius 3 is 1.80 bits per heavy atom. The fourth-order valence-corrected chi connectivity index (χ4v) is 1.67. The van der Waals surface area contributed by atoms with Crippen LogP contribution in [0.4, 0.5) is 0 Å². The summed E-state index contributed by atoms with van der Waals surface area (Å²) in [5, 5.41) is 7.32. The van der Waals surface area contributed by atoms with Gasteiger partial charge in [-0.1, -0.05) is 78.9 Å². The second kappa shape index (κ2) is 7.97. The zero-order valence-electron chi connectivity index (χ0n) is 11.0. The zero-order chi connectivity index (χ0) is 13.5. The summed E-state index contributed by atoms with van der Waals surface area (Å²) in [6.45, 7) is 0. The van der Waals surface area contributed by atoms with Crippen molar-refractivity contribution in [3.63, 3.8) is 0 Å². The Morgan fingerprint density at radius 1 is 0.800 bits per heavy atom. The minimum Gasteiger partial charge on any atom is -0.384 e. The molecule has 0 bridgehead atoms. The molecule has 0 aliphatic carbocycles. The van der Waals surface area contributed by atoms with Gasteiger partial charge in [-0.05, 0) is 11.1 Å². The average Bonchev–Trinajstić information content (AvgIpc) is 2.45. The summed E-state index contributed by atoms with van der Waals surface area (Å²) in [4.78, 5) is 0. The predicted molar refractivity (Wildman–Crippen MR) is 89.2 cm³/mol. The summed E-state index contributed by atoms with van der Waals surface area (Å²) >= 11 is 0. The van der Waals surface area contributed by atoms with Crippen molar-refractivity contribution in [2.24, 2.45) is 5.73 Å².